The molecule has 3 aromatic rings. The van der Waals surface area contributed by atoms with Gasteiger partial charge in [-0.2, -0.15) is 0 Å². The maximum absolute atomic E-state index is 13.0. The van der Waals surface area contributed by atoms with Gasteiger partial charge in [0.25, 0.3) is 11.1 Å². The number of benzene rings is 3. The molecule has 0 radical (unpaired) electrons. The van der Waals surface area contributed by atoms with E-state index < -0.39 is 23.6 Å². The maximum atomic E-state index is 13.0. The second-order valence-corrected chi connectivity index (χ2v) is 10.5. The van der Waals surface area contributed by atoms with Crippen molar-refractivity contribution in [2.75, 3.05) is 25.6 Å². The quantitative estimate of drug-likeness (QED) is 0.247. The van der Waals surface area contributed by atoms with E-state index in [1.807, 2.05) is 19.1 Å². The van der Waals surface area contributed by atoms with Crippen LogP contribution in [0.15, 0.2) is 70.0 Å². The first-order valence-electron chi connectivity index (χ1n) is 11.8. The molecule has 1 N–H and O–H groups in total. The van der Waals surface area contributed by atoms with Crippen molar-refractivity contribution in [3.8, 4) is 17.2 Å². The lowest BCUT2D eigenvalue weighted by Gasteiger charge is -2.14. The van der Waals surface area contributed by atoms with Gasteiger partial charge in [0.15, 0.2) is 11.5 Å². The number of amides is 3. The highest BCUT2D eigenvalue weighted by molar-refractivity contribution is 9.10. The number of nitrogens with zero attached hydrogens (tertiary/aromatic N) is 1. The molecule has 1 heterocycles. The molecule has 3 amide bonds. The van der Waals surface area contributed by atoms with E-state index in [-0.39, 0.29) is 4.91 Å². The van der Waals surface area contributed by atoms with Crippen molar-refractivity contribution in [3.05, 3.63) is 86.2 Å². The second-order valence-electron chi connectivity index (χ2n) is 8.21. The molecule has 0 aliphatic carbocycles. The normalized spacial score (nSPS) is 14.1. The van der Waals surface area contributed by atoms with E-state index in [1.165, 1.54) is 0 Å². The molecule has 0 saturated carbocycles. The number of hydrogen-bond donors (Lipinski definition) is 1. The molecular weight excluding hydrogens is 608 g/mol. The molecule has 8 nitrogen and oxygen atoms in total. The Hall–Kier alpha value is -3.47. The number of methoxy groups -OCH3 is 1. The molecule has 1 fully saturated rings. The van der Waals surface area contributed by atoms with Crippen molar-refractivity contribution in [1.82, 2.24) is 4.90 Å². The van der Waals surface area contributed by atoms with Crippen LogP contribution >= 0.6 is 39.3 Å². The van der Waals surface area contributed by atoms with Crippen molar-refractivity contribution >= 4 is 68.1 Å². The number of ether oxygens (including phenoxy) is 3. The molecular formula is C28H24BrClN2O6S. The van der Waals surface area contributed by atoms with E-state index >= 15 is 0 Å². The topological polar surface area (TPSA) is 94.2 Å². The zero-order valence-electron chi connectivity index (χ0n) is 21.0. The molecule has 202 valence electrons. The van der Waals surface area contributed by atoms with Crippen molar-refractivity contribution in [3.63, 3.8) is 0 Å². The Morgan fingerprint density at radius 3 is 2.41 bits per heavy atom. The van der Waals surface area contributed by atoms with Crippen LogP contribution in [0.3, 0.4) is 0 Å². The summed E-state index contributed by atoms with van der Waals surface area (Å²) in [6.07, 6.45) is 1.59. The lowest BCUT2D eigenvalue weighted by atomic mass is 10.1. The SMILES string of the molecule is CCOc1cc(/C=C2/SC(=O)N(CC(=O)Nc3ccc(OC)cc3)C2=O)c(Br)cc1OCc1ccc(Cl)cc1. The third-order valence-electron chi connectivity index (χ3n) is 5.51. The van der Waals surface area contributed by atoms with E-state index in [9.17, 15) is 14.4 Å². The van der Waals surface area contributed by atoms with Crippen molar-refractivity contribution in [2.45, 2.75) is 13.5 Å². The molecule has 0 unspecified atom stereocenters. The van der Waals surface area contributed by atoms with Crippen molar-refractivity contribution < 1.29 is 28.6 Å². The van der Waals surface area contributed by atoms with Crippen LogP contribution in [0.4, 0.5) is 10.5 Å². The number of hydrogen-bond acceptors (Lipinski definition) is 7. The van der Waals surface area contributed by atoms with Gasteiger partial charge < -0.3 is 19.5 Å². The fraction of sp³-hybridized carbons (Fsp3) is 0.179. The second kappa shape index (κ2) is 13.1. The molecule has 3 aromatic carbocycles. The van der Waals surface area contributed by atoms with Gasteiger partial charge in [0, 0.05) is 15.2 Å². The number of carbonyl (C=O) groups excluding carboxylic acids is 3. The maximum Gasteiger partial charge on any atom is 0.294 e. The van der Waals surface area contributed by atoms with Crippen molar-refractivity contribution in [2.24, 2.45) is 0 Å². The highest BCUT2D eigenvalue weighted by atomic mass is 79.9. The van der Waals surface area contributed by atoms with Crippen LogP contribution < -0.4 is 19.5 Å². The summed E-state index contributed by atoms with van der Waals surface area (Å²) in [7, 11) is 1.54. The number of rotatable bonds is 10. The molecule has 0 aromatic heterocycles. The Morgan fingerprint density at radius 1 is 1.05 bits per heavy atom. The molecule has 11 heteroatoms. The van der Waals surface area contributed by atoms with E-state index in [2.05, 4.69) is 21.2 Å². The molecule has 0 spiro atoms. The van der Waals surface area contributed by atoms with Crippen LogP contribution in [0.25, 0.3) is 6.08 Å². The average Bonchev–Trinajstić information content (AvgIpc) is 3.18. The Balaban J connectivity index is 1.47. The van der Waals surface area contributed by atoms with Gasteiger partial charge in [-0.1, -0.05) is 39.7 Å². The lowest BCUT2D eigenvalue weighted by molar-refractivity contribution is -0.127. The summed E-state index contributed by atoms with van der Waals surface area (Å²) in [6, 6.07) is 17.5. The van der Waals surface area contributed by atoms with Gasteiger partial charge in [-0.05, 0) is 84.4 Å². The smallest absolute Gasteiger partial charge is 0.294 e. The highest BCUT2D eigenvalue weighted by Crippen LogP contribution is 2.38. The van der Waals surface area contributed by atoms with Crippen LogP contribution in [-0.4, -0.2) is 42.2 Å². The van der Waals surface area contributed by atoms with Crippen LogP contribution in [0.1, 0.15) is 18.1 Å². The van der Waals surface area contributed by atoms with Gasteiger partial charge in [0.05, 0.1) is 18.6 Å². The molecule has 4 rings (SSSR count). The summed E-state index contributed by atoms with van der Waals surface area (Å²) >= 11 is 10.2. The van der Waals surface area contributed by atoms with Gasteiger partial charge >= 0.3 is 0 Å². The minimum Gasteiger partial charge on any atom is -0.497 e. The predicted molar refractivity (Wildman–Crippen MR) is 155 cm³/mol. The number of thioether (sulfide) groups is 1. The number of imide groups is 1. The zero-order chi connectivity index (χ0) is 27.9. The first-order chi connectivity index (χ1) is 18.8. The van der Waals surface area contributed by atoms with E-state index in [0.717, 1.165) is 22.2 Å². The predicted octanol–water partition coefficient (Wildman–Crippen LogP) is 6.76. The molecule has 1 saturated heterocycles. The first kappa shape index (κ1) is 28.5. The summed E-state index contributed by atoms with van der Waals surface area (Å²) < 4.78 is 17.5. The van der Waals surface area contributed by atoms with Gasteiger partial charge in [-0.25, -0.2) is 0 Å². The van der Waals surface area contributed by atoms with Gasteiger partial charge in [0.2, 0.25) is 5.91 Å². The number of nitrogens with one attached hydrogen (secondary N) is 1. The van der Waals surface area contributed by atoms with Gasteiger partial charge in [-0.3, -0.25) is 19.3 Å². The third-order valence-corrected chi connectivity index (χ3v) is 7.35. The van der Waals surface area contributed by atoms with Gasteiger partial charge in [-0.15, -0.1) is 0 Å². The largest absolute Gasteiger partial charge is 0.497 e. The minimum absolute atomic E-state index is 0.190. The first-order valence-corrected chi connectivity index (χ1v) is 13.8. The molecule has 0 atom stereocenters. The lowest BCUT2D eigenvalue weighted by Crippen LogP contribution is -2.36. The van der Waals surface area contributed by atoms with E-state index in [0.29, 0.717) is 51.2 Å². The minimum atomic E-state index is -0.553. The summed E-state index contributed by atoms with van der Waals surface area (Å²) in [5, 5.41) is 2.79. The van der Waals surface area contributed by atoms with Crippen molar-refractivity contribution in [1.29, 1.82) is 0 Å². The monoisotopic (exact) mass is 630 g/mol. The van der Waals surface area contributed by atoms with Gasteiger partial charge in [0.1, 0.15) is 18.9 Å². The molecule has 1 aliphatic heterocycles. The Kier molecular flexibility index (Phi) is 9.55. The van der Waals surface area contributed by atoms with Crippen LogP contribution in [0.2, 0.25) is 5.02 Å². The van der Waals surface area contributed by atoms with Crippen LogP contribution in [0, 0.1) is 0 Å². The fourth-order valence-electron chi connectivity index (χ4n) is 3.58. The Labute approximate surface area is 243 Å². The summed E-state index contributed by atoms with van der Waals surface area (Å²) in [4.78, 5) is 39.2. The Bertz CT molecular complexity index is 1410. The number of anilines is 1. The highest BCUT2D eigenvalue weighted by Gasteiger charge is 2.36. The fourth-order valence-corrected chi connectivity index (χ4v) is 4.97. The summed E-state index contributed by atoms with van der Waals surface area (Å²) in [5.74, 6) is 0.593. The van der Waals surface area contributed by atoms with E-state index in [1.54, 1.807) is 61.7 Å². The van der Waals surface area contributed by atoms with E-state index in [4.69, 9.17) is 25.8 Å². The standard InChI is InChI=1S/C28H24BrClN2O6S/c1-3-37-23-12-18(22(29)14-24(23)38-16-17-4-6-19(30)7-5-17)13-25-27(34)32(28(35)39-25)15-26(33)31-20-8-10-21(36-2)11-9-20/h4-14H,3,15-16H2,1-2H3,(H,31,33)/b25-13+. The van der Waals surface area contributed by atoms with Crippen LogP contribution in [-0.2, 0) is 16.2 Å². The van der Waals surface area contributed by atoms with Crippen LogP contribution in [0.5, 0.6) is 17.2 Å². The number of carbonyl (C=O) groups is 3. The summed E-state index contributed by atoms with van der Waals surface area (Å²) in [5.41, 5.74) is 2.08. The molecule has 1 aliphatic rings. The third kappa shape index (κ3) is 7.35. The molecule has 0 bridgehead atoms. The zero-order valence-corrected chi connectivity index (χ0v) is 24.2. The number of halogens is 2. The average molecular weight is 632 g/mol. The Morgan fingerprint density at radius 2 is 1.74 bits per heavy atom. The molecule has 39 heavy (non-hydrogen) atoms. The summed E-state index contributed by atoms with van der Waals surface area (Å²) in [6.45, 7) is 2.16.